The minimum atomic E-state index is -4.54. The number of hydrogen-bond acceptors (Lipinski definition) is 7. The number of aromatic nitrogens is 4. The molecule has 2 fully saturated rings. The number of fused-ring (bicyclic) bond motifs is 1. The highest BCUT2D eigenvalue weighted by molar-refractivity contribution is 6.04. The van der Waals surface area contributed by atoms with Crippen molar-refractivity contribution in [3.05, 3.63) is 71.7 Å². The molecule has 202 valence electrons. The number of nitrogens with one attached hydrogen (secondary N) is 1. The fourth-order valence-electron chi connectivity index (χ4n) is 5.33. The number of alkyl halides is 3. The molecule has 1 spiro atoms. The standard InChI is InChI=1S/C27H25F3N6O3/c28-27(29,30)19-7-11-32-21(15-19)34-24(37)18-3-1-17(2-4-18)23-35-22(20-8-12-33-25(31)36(20)23)16-5-9-26(10-6-16)38-13-14-39-26/h1-4,7-8,11-12,15-16H,5-6,9-10,13-14H2,(H2,31,33)(H,32,34,37). The minimum absolute atomic E-state index is 0.190. The number of pyridine rings is 1. The number of carbonyl (C=O) groups excluding carboxylic acids is 1. The predicted octanol–water partition coefficient (Wildman–Crippen LogP) is 5.05. The van der Waals surface area contributed by atoms with Gasteiger partial charge in [0.2, 0.25) is 5.95 Å². The normalized spacial score (nSPS) is 17.6. The maximum atomic E-state index is 13.0. The van der Waals surface area contributed by atoms with Crippen LogP contribution < -0.4 is 11.1 Å². The average molecular weight is 539 g/mol. The number of anilines is 2. The molecule has 1 saturated heterocycles. The fourth-order valence-corrected chi connectivity index (χ4v) is 5.33. The van der Waals surface area contributed by atoms with E-state index in [1.165, 1.54) is 0 Å². The molecule has 0 atom stereocenters. The molecule has 1 amide bonds. The number of hydrogen-bond donors (Lipinski definition) is 2. The topological polar surface area (TPSA) is 117 Å². The average Bonchev–Trinajstić information content (AvgIpc) is 3.55. The first-order valence-corrected chi connectivity index (χ1v) is 12.6. The van der Waals surface area contributed by atoms with Gasteiger partial charge in [-0.05, 0) is 43.2 Å². The van der Waals surface area contributed by atoms with Gasteiger partial charge in [0.25, 0.3) is 5.91 Å². The van der Waals surface area contributed by atoms with Crippen molar-refractivity contribution in [2.75, 3.05) is 24.3 Å². The molecule has 0 unspecified atom stereocenters. The molecule has 1 aliphatic heterocycles. The molecule has 1 aliphatic carbocycles. The van der Waals surface area contributed by atoms with Crippen molar-refractivity contribution < 1.29 is 27.4 Å². The number of nitrogens with zero attached hydrogens (tertiary/aromatic N) is 4. The van der Waals surface area contributed by atoms with Crippen LogP contribution in [0.3, 0.4) is 0 Å². The van der Waals surface area contributed by atoms with E-state index in [0.717, 1.165) is 55.2 Å². The molecule has 39 heavy (non-hydrogen) atoms. The summed E-state index contributed by atoms with van der Waals surface area (Å²) < 4.78 is 52.5. The lowest BCUT2D eigenvalue weighted by Crippen LogP contribution is -2.34. The van der Waals surface area contributed by atoms with E-state index in [4.69, 9.17) is 20.2 Å². The van der Waals surface area contributed by atoms with Crippen molar-refractivity contribution in [2.45, 2.75) is 43.6 Å². The number of halogens is 3. The molecule has 0 bridgehead atoms. The van der Waals surface area contributed by atoms with Gasteiger partial charge in [0.1, 0.15) is 11.6 Å². The Balaban J connectivity index is 1.25. The van der Waals surface area contributed by atoms with Crippen LogP contribution in [0.4, 0.5) is 24.9 Å². The van der Waals surface area contributed by atoms with Gasteiger partial charge in [0, 0.05) is 42.3 Å². The molecule has 2 aliphatic rings. The largest absolute Gasteiger partial charge is 0.416 e. The second-order valence-corrected chi connectivity index (χ2v) is 9.69. The van der Waals surface area contributed by atoms with E-state index in [-0.39, 0.29) is 23.2 Å². The Morgan fingerprint density at radius 3 is 2.41 bits per heavy atom. The number of imidazole rings is 1. The third-order valence-corrected chi connectivity index (χ3v) is 7.29. The summed E-state index contributed by atoms with van der Waals surface area (Å²) in [6.45, 7) is 1.24. The minimum Gasteiger partial charge on any atom is -0.369 e. The SMILES string of the molecule is Nc1nccc2c(C3CCC4(CC3)OCCO4)nc(-c3ccc(C(=O)Nc4cc(C(F)(F)F)ccn4)cc3)n12. The number of carbonyl (C=O) groups is 1. The van der Waals surface area contributed by atoms with Gasteiger partial charge < -0.3 is 20.5 Å². The molecule has 3 aromatic heterocycles. The number of rotatable bonds is 4. The van der Waals surface area contributed by atoms with Crippen molar-refractivity contribution in [3.63, 3.8) is 0 Å². The zero-order chi connectivity index (χ0) is 27.2. The van der Waals surface area contributed by atoms with Gasteiger partial charge in [0.05, 0.1) is 30.0 Å². The van der Waals surface area contributed by atoms with Crippen LogP contribution in [0, 0.1) is 0 Å². The highest BCUT2D eigenvalue weighted by Gasteiger charge is 2.41. The van der Waals surface area contributed by atoms with Gasteiger partial charge in [-0.1, -0.05) is 12.1 Å². The quantitative estimate of drug-likeness (QED) is 0.374. The first-order chi connectivity index (χ1) is 18.7. The zero-order valence-corrected chi connectivity index (χ0v) is 20.7. The van der Waals surface area contributed by atoms with Crippen LogP contribution in [-0.2, 0) is 15.7 Å². The Morgan fingerprint density at radius 1 is 1.03 bits per heavy atom. The number of nitrogen functional groups attached to an aromatic ring is 1. The lowest BCUT2D eigenvalue weighted by Gasteiger charge is -2.34. The van der Waals surface area contributed by atoms with Crippen LogP contribution in [-0.4, -0.2) is 44.3 Å². The van der Waals surface area contributed by atoms with E-state index >= 15 is 0 Å². The van der Waals surface area contributed by atoms with E-state index in [1.807, 2.05) is 6.07 Å². The van der Waals surface area contributed by atoms with E-state index in [2.05, 4.69) is 15.3 Å². The van der Waals surface area contributed by atoms with Crippen LogP contribution in [0.5, 0.6) is 0 Å². The van der Waals surface area contributed by atoms with Gasteiger partial charge in [-0.15, -0.1) is 0 Å². The lowest BCUT2D eigenvalue weighted by molar-refractivity contribution is -0.178. The van der Waals surface area contributed by atoms with Crippen LogP contribution in [0.25, 0.3) is 16.9 Å². The van der Waals surface area contributed by atoms with Crippen molar-refractivity contribution in [3.8, 4) is 11.4 Å². The molecule has 12 heteroatoms. The second kappa shape index (κ2) is 9.62. The first-order valence-electron chi connectivity index (χ1n) is 12.6. The van der Waals surface area contributed by atoms with Crippen molar-refractivity contribution in [1.29, 1.82) is 0 Å². The number of benzene rings is 1. The monoisotopic (exact) mass is 538 g/mol. The van der Waals surface area contributed by atoms with Crippen molar-refractivity contribution >= 4 is 23.2 Å². The van der Waals surface area contributed by atoms with Crippen LogP contribution in [0.15, 0.2) is 54.9 Å². The number of amides is 1. The van der Waals surface area contributed by atoms with E-state index < -0.39 is 23.4 Å². The van der Waals surface area contributed by atoms with Crippen molar-refractivity contribution in [2.24, 2.45) is 0 Å². The van der Waals surface area contributed by atoms with Gasteiger partial charge >= 0.3 is 6.18 Å². The first kappa shape index (κ1) is 25.3. The van der Waals surface area contributed by atoms with Crippen LogP contribution in [0.2, 0.25) is 0 Å². The third kappa shape index (κ3) is 4.81. The molecule has 4 heterocycles. The molecule has 3 N–H and O–H groups in total. The molecular formula is C27H25F3N6O3. The summed E-state index contributed by atoms with van der Waals surface area (Å²) in [5, 5.41) is 2.42. The molecule has 4 aromatic rings. The summed E-state index contributed by atoms with van der Waals surface area (Å²) >= 11 is 0. The molecule has 0 radical (unpaired) electrons. The summed E-state index contributed by atoms with van der Waals surface area (Å²) in [5.41, 5.74) is 8.11. The maximum Gasteiger partial charge on any atom is 0.416 e. The zero-order valence-electron chi connectivity index (χ0n) is 20.7. The maximum absolute atomic E-state index is 13.0. The van der Waals surface area contributed by atoms with E-state index in [9.17, 15) is 18.0 Å². The molecular weight excluding hydrogens is 513 g/mol. The summed E-state index contributed by atoms with van der Waals surface area (Å²) in [4.78, 5) is 25.7. The Bertz CT molecular complexity index is 1520. The molecule has 9 nitrogen and oxygen atoms in total. The van der Waals surface area contributed by atoms with Gasteiger partial charge in [-0.2, -0.15) is 13.2 Å². The summed E-state index contributed by atoms with van der Waals surface area (Å²) in [7, 11) is 0. The Morgan fingerprint density at radius 2 is 1.72 bits per heavy atom. The Kier molecular flexibility index (Phi) is 6.23. The smallest absolute Gasteiger partial charge is 0.369 e. The fraction of sp³-hybridized carbons (Fsp3) is 0.333. The second-order valence-electron chi connectivity index (χ2n) is 9.69. The summed E-state index contributed by atoms with van der Waals surface area (Å²) in [6, 6.07) is 10.1. The molecule has 1 saturated carbocycles. The number of ether oxygens (including phenoxy) is 2. The van der Waals surface area contributed by atoms with Gasteiger partial charge in [-0.3, -0.25) is 9.20 Å². The highest BCUT2D eigenvalue weighted by Crippen LogP contribution is 2.43. The summed E-state index contributed by atoms with van der Waals surface area (Å²) in [6.07, 6.45) is 1.41. The Hall–Kier alpha value is -4.03. The van der Waals surface area contributed by atoms with Crippen molar-refractivity contribution in [1.82, 2.24) is 19.4 Å². The molecule has 1 aromatic carbocycles. The van der Waals surface area contributed by atoms with Gasteiger partial charge in [0.15, 0.2) is 5.79 Å². The van der Waals surface area contributed by atoms with E-state index in [0.29, 0.717) is 24.6 Å². The predicted molar refractivity (Wildman–Crippen MR) is 136 cm³/mol. The number of nitrogens with two attached hydrogens (primary N) is 1. The van der Waals surface area contributed by atoms with Crippen LogP contribution >= 0.6 is 0 Å². The third-order valence-electron chi connectivity index (χ3n) is 7.29. The van der Waals surface area contributed by atoms with Crippen LogP contribution in [0.1, 0.15) is 53.2 Å². The van der Waals surface area contributed by atoms with Gasteiger partial charge in [-0.25, -0.2) is 15.0 Å². The highest BCUT2D eigenvalue weighted by atomic mass is 19.4. The van der Waals surface area contributed by atoms with E-state index in [1.54, 1.807) is 34.9 Å². The Labute approximate surface area is 221 Å². The molecule has 6 rings (SSSR count). The lowest BCUT2D eigenvalue weighted by atomic mass is 9.83. The summed E-state index contributed by atoms with van der Waals surface area (Å²) in [5.74, 6) is -0.187.